The minimum absolute atomic E-state index is 0.294. The summed E-state index contributed by atoms with van der Waals surface area (Å²) in [5, 5.41) is 17.5. The Balaban J connectivity index is 4.01. The third kappa shape index (κ3) is 7.23. The molecule has 0 bridgehead atoms. The number of nitrogens with zero attached hydrogens (tertiary/aromatic N) is 3. The summed E-state index contributed by atoms with van der Waals surface area (Å²) in [7, 11) is 1.67. The van der Waals surface area contributed by atoms with Gasteiger partial charge in [-0.05, 0) is 26.8 Å². The van der Waals surface area contributed by atoms with Crippen LogP contribution in [-0.2, 0) is 4.74 Å². The third-order valence-corrected chi connectivity index (χ3v) is 2.51. The standard InChI is InChI=1S/C12H21N3O/c1-12(2,11-14)5-8-15(7-4-6-13)9-10-16-3/h4-5,7-10H2,1-3H3. The van der Waals surface area contributed by atoms with Crippen molar-refractivity contribution < 1.29 is 4.74 Å². The van der Waals surface area contributed by atoms with E-state index in [1.807, 2.05) is 13.8 Å². The summed E-state index contributed by atoms with van der Waals surface area (Å²) in [5.41, 5.74) is -0.294. The molecular weight excluding hydrogens is 202 g/mol. The molecule has 0 aliphatic heterocycles. The summed E-state index contributed by atoms with van der Waals surface area (Å²) in [6, 6.07) is 4.42. The molecule has 0 atom stereocenters. The van der Waals surface area contributed by atoms with Gasteiger partial charge in [-0.2, -0.15) is 10.5 Å². The van der Waals surface area contributed by atoms with Crippen LogP contribution in [0.15, 0.2) is 0 Å². The van der Waals surface area contributed by atoms with Crippen LogP contribution in [0.1, 0.15) is 26.7 Å². The van der Waals surface area contributed by atoms with Gasteiger partial charge in [0.1, 0.15) is 0 Å². The SMILES string of the molecule is COCCN(CCC#N)CCC(C)(C)C#N. The molecule has 0 spiro atoms. The molecule has 0 amide bonds. The summed E-state index contributed by atoms with van der Waals surface area (Å²) >= 11 is 0. The van der Waals surface area contributed by atoms with Crippen LogP contribution in [0.5, 0.6) is 0 Å². The first-order valence-corrected chi connectivity index (χ1v) is 5.55. The Kier molecular flexibility index (Phi) is 7.54. The van der Waals surface area contributed by atoms with Crippen LogP contribution in [0.25, 0.3) is 0 Å². The lowest BCUT2D eigenvalue weighted by atomic mass is 9.91. The molecule has 0 aromatic heterocycles. The summed E-state index contributed by atoms with van der Waals surface area (Å²) < 4.78 is 5.02. The first-order chi connectivity index (χ1) is 7.55. The van der Waals surface area contributed by atoms with Gasteiger partial charge < -0.3 is 4.74 Å². The number of methoxy groups -OCH3 is 1. The van der Waals surface area contributed by atoms with Gasteiger partial charge in [0.2, 0.25) is 0 Å². The van der Waals surface area contributed by atoms with Gasteiger partial charge in [-0.3, -0.25) is 4.90 Å². The highest BCUT2D eigenvalue weighted by Crippen LogP contribution is 2.18. The highest BCUT2D eigenvalue weighted by molar-refractivity contribution is 4.92. The zero-order chi connectivity index (χ0) is 12.4. The van der Waals surface area contributed by atoms with Crippen LogP contribution < -0.4 is 0 Å². The Morgan fingerprint density at radius 1 is 1.19 bits per heavy atom. The van der Waals surface area contributed by atoms with Crippen molar-refractivity contribution in [2.24, 2.45) is 5.41 Å². The molecule has 0 rings (SSSR count). The van der Waals surface area contributed by atoms with Gasteiger partial charge >= 0.3 is 0 Å². The number of rotatable bonds is 8. The van der Waals surface area contributed by atoms with Crippen molar-refractivity contribution in [2.45, 2.75) is 26.7 Å². The van der Waals surface area contributed by atoms with E-state index >= 15 is 0 Å². The van der Waals surface area contributed by atoms with E-state index in [1.54, 1.807) is 7.11 Å². The van der Waals surface area contributed by atoms with Gasteiger partial charge in [-0.1, -0.05) is 0 Å². The molecule has 0 fully saturated rings. The minimum Gasteiger partial charge on any atom is -0.383 e. The maximum absolute atomic E-state index is 8.91. The fourth-order valence-electron chi connectivity index (χ4n) is 1.26. The number of hydrogen-bond donors (Lipinski definition) is 0. The zero-order valence-electron chi connectivity index (χ0n) is 10.5. The van der Waals surface area contributed by atoms with E-state index in [0.29, 0.717) is 13.0 Å². The van der Waals surface area contributed by atoms with E-state index in [1.165, 1.54) is 0 Å². The topological polar surface area (TPSA) is 60.0 Å². The van der Waals surface area contributed by atoms with Crippen LogP contribution in [0.2, 0.25) is 0 Å². The first kappa shape index (κ1) is 14.9. The summed E-state index contributed by atoms with van der Waals surface area (Å²) in [4.78, 5) is 2.17. The lowest BCUT2D eigenvalue weighted by molar-refractivity contribution is 0.143. The van der Waals surface area contributed by atoms with E-state index < -0.39 is 0 Å². The number of ether oxygens (including phenoxy) is 1. The highest BCUT2D eigenvalue weighted by atomic mass is 16.5. The van der Waals surface area contributed by atoms with Crippen molar-refractivity contribution in [1.82, 2.24) is 4.90 Å². The predicted molar refractivity (Wildman–Crippen MR) is 62.6 cm³/mol. The van der Waals surface area contributed by atoms with Crippen molar-refractivity contribution in [3.8, 4) is 12.1 Å². The average molecular weight is 223 g/mol. The van der Waals surface area contributed by atoms with Crippen molar-refractivity contribution in [2.75, 3.05) is 33.4 Å². The molecule has 0 heterocycles. The Morgan fingerprint density at radius 2 is 1.88 bits per heavy atom. The van der Waals surface area contributed by atoms with Gasteiger partial charge in [0.25, 0.3) is 0 Å². The molecule has 0 aliphatic rings. The Morgan fingerprint density at radius 3 is 2.38 bits per heavy atom. The van der Waals surface area contributed by atoms with Crippen LogP contribution in [0.4, 0.5) is 0 Å². The smallest absolute Gasteiger partial charge is 0.0684 e. The molecule has 0 unspecified atom stereocenters. The van der Waals surface area contributed by atoms with Crippen molar-refractivity contribution >= 4 is 0 Å². The quantitative estimate of drug-likeness (QED) is 0.629. The molecular formula is C12H21N3O. The van der Waals surface area contributed by atoms with E-state index in [2.05, 4.69) is 17.0 Å². The van der Waals surface area contributed by atoms with Gasteiger partial charge in [0.15, 0.2) is 0 Å². The number of nitriles is 2. The molecule has 0 N–H and O–H groups in total. The third-order valence-electron chi connectivity index (χ3n) is 2.51. The summed E-state index contributed by atoms with van der Waals surface area (Å²) in [6.45, 7) is 6.95. The number of hydrogen-bond acceptors (Lipinski definition) is 4. The first-order valence-electron chi connectivity index (χ1n) is 5.55. The van der Waals surface area contributed by atoms with E-state index in [9.17, 15) is 0 Å². The van der Waals surface area contributed by atoms with E-state index in [0.717, 1.165) is 26.1 Å². The molecule has 4 nitrogen and oxygen atoms in total. The molecule has 0 aliphatic carbocycles. The van der Waals surface area contributed by atoms with E-state index in [4.69, 9.17) is 15.3 Å². The second-order valence-corrected chi connectivity index (χ2v) is 4.49. The maximum atomic E-state index is 8.91. The van der Waals surface area contributed by atoms with Crippen molar-refractivity contribution in [3.63, 3.8) is 0 Å². The summed E-state index contributed by atoms with van der Waals surface area (Å²) in [5.74, 6) is 0. The van der Waals surface area contributed by atoms with Gasteiger partial charge in [-0.25, -0.2) is 0 Å². The van der Waals surface area contributed by atoms with Crippen molar-refractivity contribution in [1.29, 1.82) is 10.5 Å². The van der Waals surface area contributed by atoms with Crippen LogP contribution in [0, 0.1) is 28.1 Å². The minimum atomic E-state index is -0.294. The van der Waals surface area contributed by atoms with Crippen LogP contribution in [0.3, 0.4) is 0 Å². The summed E-state index contributed by atoms with van der Waals surface area (Å²) in [6.07, 6.45) is 1.34. The van der Waals surface area contributed by atoms with Crippen LogP contribution in [-0.4, -0.2) is 38.3 Å². The molecule has 0 saturated carbocycles. The molecule has 0 saturated heterocycles. The molecule has 0 aromatic rings. The van der Waals surface area contributed by atoms with Crippen molar-refractivity contribution in [3.05, 3.63) is 0 Å². The fourth-order valence-corrected chi connectivity index (χ4v) is 1.26. The largest absolute Gasteiger partial charge is 0.383 e. The lowest BCUT2D eigenvalue weighted by Crippen LogP contribution is -2.31. The van der Waals surface area contributed by atoms with Crippen LogP contribution >= 0.6 is 0 Å². The molecule has 90 valence electrons. The zero-order valence-corrected chi connectivity index (χ0v) is 10.5. The lowest BCUT2D eigenvalue weighted by Gasteiger charge is -2.24. The predicted octanol–water partition coefficient (Wildman–Crippen LogP) is 1.79. The highest BCUT2D eigenvalue weighted by Gasteiger charge is 2.17. The fraction of sp³-hybridized carbons (Fsp3) is 0.833. The molecule has 16 heavy (non-hydrogen) atoms. The van der Waals surface area contributed by atoms with Gasteiger partial charge in [0.05, 0.1) is 24.2 Å². The molecule has 0 radical (unpaired) electrons. The molecule has 4 heteroatoms. The van der Waals surface area contributed by atoms with E-state index in [-0.39, 0.29) is 5.41 Å². The monoisotopic (exact) mass is 223 g/mol. The maximum Gasteiger partial charge on any atom is 0.0684 e. The van der Waals surface area contributed by atoms with Gasteiger partial charge in [0, 0.05) is 26.6 Å². The Hall–Kier alpha value is -1.10. The molecule has 0 aromatic carbocycles. The average Bonchev–Trinajstić information content (AvgIpc) is 2.28. The normalized spacial score (nSPS) is 11.1. The van der Waals surface area contributed by atoms with Gasteiger partial charge in [-0.15, -0.1) is 0 Å². The Labute approximate surface area is 98.4 Å². The second kappa shape index (κ2) is 8.10. The second-order valence-electron chi connectivity index (χ2n) is 4.49. The Bertz CT molecular complexity index is 262.